The third-order valence-electron chi connectivity index (χ3n) is 4.11. The van der Waals surface area contributed by atoms with E-state index >= 15 is 0 Å². The first-order valence-electron chi connectivity index (χ1n) is 8.12. The zero-order chi connectivity index (χ0) is 14.5. The average Bonchev–Trinajstić information content (AvgIpc) is 2.95. The van der Waals surface area contributed by atoms with E-state index in [1.807, 2.05) is 11.3 Å². The summed E-state index contributed by atoms with van der Waals surface area (Å²) in [5.74, 6) is 0. The molecule has 0 bridgehead atoms. The molecule has 0 radical (unpaired) electrons. The lowest BCUT2D eigenvalue weighted by Gasteiger charge is -2.22. The number of aromatic nitrogens is 1. The van der Waals surface area contributed by atoms with Gasteiger partial charge in [-0.25, -0.2) is 4.98 Å². The number of nitrogens with zero attached hydrogens (tertiary/aromatic N) is 1. The number of thiazole rings is 1. The summed E-state index contributed by atoms with van der Waals surface area (Å²) in [4.78, 5) is 6.48. The topological polar surface area (TPSA) is 24.9 Å². The molecule has 1 aliphatic carbocycles. The highest BCUT2D eigenvalue weighted by Gasteiger charge is 2.23. The fraction of sp³-hybridized carbons (Fsp3) is 0.500. The van der Waals surface area contributed by atoms with Crippen LogP contribution in [0.25, 0.3) is 0 Å². The standard InChI is InChI=1S/C18H24N2S/c1-2-13-19-15-9-6-10-16-18(15)20-17(21-16)12-11-14-7-4-3-5-8-14/h3-5,7-8,15,19H,2,6,9-13H2,1H3. The second-order valence-electron chi connectivity index (χ2n) is 5.80. The van der Waals surface area contributed by atoms with E-state index in [0.717, 1.165) is 19.4 Å². The lowest BCUT2D eigenvalue weighted by atomic mass is 9.97. The normalized spacial score (nSPS) is 17.7. The Morgan fingerprint density at radius 1 is 1.24 bits per heavy atom. The maximum absolute atomic E-state index is 4.96. The van der Waals surface area contributed by atoms with Crippen molar-refractivity contribution in [2.24, 2.45) is 0 Å². The molecule has 1 aromatic heterocycles. The monoisotopic (exact) mass is 300 g/mol. The SMILES string of the molecule is CCCNC1CCCc2sc(CCc3ccccc3)nc21. The molecule has 1 atom stereocenters. The third kappa shape index (κ3) is 3.72. The Balaban J connectivity index is 1.66. The summed E-state index contributed by atoms with van der Waals surface area (Å²) in [5.41, 5.74) is 2.76. The van der Waals surface area contributed by atoms with Crippen LogP contribution in [0.3, 0.4) is 0 Å². The first kappa shape index (κ1) is 14.7. The second kappa shape index (κ2) is 7.19. The van der Waals surface area contributed by atoms with Gasteiger partial charge in [0.15, 0.2) is 0 Å². The van der Waals surface area contributed by atoms with Crippen LogP contribution >= 0.6 is 11.3 Å². The van der Waals surface area contributed by atoms with E-state index < -0.39 is 0 Å². The molecule has 0 saturated carbocycles. The second-order valence-corrected chi connectivity index (χ2v) is 6.97. The smallest absolute Gasteiger partial charge is 0.0935 e. The molecule has 0 spiro atoms. The molecule has 2 nitrogen and oxygen atoms in total. The van der Waals surface area contributed by atoms with Crippen LogP contribution in [0.15, 0.2) is 30.3 Å². The van der Waals surface area contributed by atoms with E-state index in [1.165, 1.54) is 46.8 Å². The van der Waals surface area contributed by atoms with Crippen LogP contribution in [0.1, 0.15) is 53.4 Å². The largest absolute Gasteiger partial charge is 0.309 e. The van der Waals surface area contributed by atoms with Crippen molar-refractivity contribution in [1.82, 2.24) is 10.3 Å². The van der Waals surface area contributed by atoms with E-state index in [-0.39, 0.29) is 0 Å². The number of benzene rings is 1. The molecule has 2 aromatic rings. The van der Waals surface area contributed by atoms with Crippen LogP contribution in [0, 0.1) is 0 Å². The minimum Gasteiger partial charge on any atom is -0.309 e. The fourth-order valence-electron chi connectivity index (χ4n) is 2.99. The van der Waals surface area contributed by atoms with Gasteiger partial charge in [-0.15, -0.1) is 11.3 Å². The van der Waals surface area contributed by atoms with Crippen molar-refractivity contribution in [2.75, 3.05) is 6.54 Å². The van der Waals surface area contributed by atoms with Crippen molar-refractivity contribution in [3.63, 3.8) is 0 Å². The molecule has 1 N–H and O–H groups in total. The summed E-state index contributed by atoms with van der Waals surface area (Å²) in [6, 6.07) is 11.2. The molecular formula is C18H24N2S. The molecule has 0 saturated heterocycles. The number of rotatable bonds is 6. The molecular weight excluding hydrogens is 276 g/mol. The average molecular weight is 300 g/mol. The Morgan fingerprint density at radius 2 is 2.10 bits per heavy atom. The van der Waals surface area contributed by atoms with Crippen LogP contribution in [0.4, 0.5) is 0 Å². The highest BCUT2D eigenvalue weighted by Crippen LogP contribution is 2.33. The van der Waals surface area contributed by atoms with Gasteiger partial charge in [-0.1, -0.05) is 37.3 Å². The molecule has 1 heterocycles. The summed E-state index contributed by atoms with van der Waals surface area (Å²) >= 11 is 1.94. The van der Waals surface area contributed by atoms with Gasteiger partial charge in [0.05, 0.1) is 16.7 Å². The first-order valence-corrected chi connectivity index (χ1v) is 8.94. The van der Waals surface area contributed by atoms with E-state index in [1.54, 1.807) is 0 Å². The molecule has 3 rings (SSSR count). The highest BCUT2D eigenvalue weighted by atomic mass is 32.1. The summed E-state index contributed by atoms with van der Waals surface area (Å²) in [5, 5.41) is 4.97. The molecule has 1 unspecified atom stereocenters. The molecule has 0 aliphatic heterocycles. The molecule has 21 heavy (non-hydrogen) atoms. The number of fused-ring (bicyclic) bond motifs is 1. The molecule has 0 fully saturated rings. The Bertz CT molecular complexity index is 562. The maximum atomic E-state index is 4.96. The molecule has 1 aromatic carbocycles. The third-order valence-corrected chi connectivity index (χ3v) is 5.30. The lowest BCUT2D eigenvalue weighted by Crippen LogP contribution is -2.25. The minimum atomic E-state index is 0.496. The summed E-state index contributed by atoms with van der Waals surface area (Å²) in [6.45, 7) is 3.32. The van der Waals surface area contributed by atoms with Crippen LogP contribution < -0.4 is 5.32 Å². The van der Waals surface area contributed by atoms with Gasteiger partial charge in [0.25, 0.3) is 0 Å². The van der Waals surface area contributed by atoms with E-state index in [0.29, 0.717) is 6.04 Å². The van der Waals surface area contributed by atoms with Gasteiger partial charge in [0.2, 0.25) is 0 Å². The van der Waals surface area contributed by atoms with Gasteiger partial charge in [0.1, 0.15) is 0 Å². The van der Waals surface area contributed by atoms with Gasteiger partial charge in [-0.2, -0.15) is 0 Å². The van der Waals surface area contributed by atoms with Crippen molar-refractivity contribution in [2.45, 2.75) is 51.5 Å². The first-order chi connectivity index (χ1) is 10.4. The number of hydrogen-bond donors (Lipinski definition) is 1. The van der Waals surface area contributed by atoms with Crippen LogP contribution in [0.2, 0.25) is 0 Å². The number of nitrogens with one attached hydrogen (secondary N) is 1. The molecule has 1 aliphatic rings. The van der Waals surface area contributed by atoms with Crippen molar-refractivity contribution >= 4 is 11.3 Å². The van der Waals surface area contributed by atoms with Crippen molar-refractivity contribution in [1.29, 1.82) is 0 Å². The van der Waals surface area contributed by atoms with E-state index in [2.05, 4.69) is 42.6 Å². The predicted octanol–water partition coefficient (Wildman–Crippen LogP) is 4.31. The van der Waals surface area contributed by atoms with Gasteiger partial charge in [-0.3, -0.25) is 0 Å². The molecule has 0 amide bonds. The number of aryl methyl sites for hydroxylation is 3. The Labute approximate surface area is 131 Å². The van der Waals surface area contributed by atoms with Crippen molar-refractivity contribution in [3.05, 3.63) is 51.5 Å². The predicted molar refractivity (Wildman–Crippen MR) is 89.9 cm³/mol. The van der Waals surface area contributed by atoms with Crippen LogP contribution in [-0.4, -0.2) is 11.5 Å². The lowest BCUT2D eigenvalue weighted by molar-refractivity contribution is 0.453. The highest BCUT2D eigenvalue weighted by molar-refractivity contribution is 7.11. The van der Waals surface area contributed by atoms with Gasteiger partial charge in [-0.05, 0) is 44.2 Å². The Kier molecular flexibility index (Phi) is 5.04. The summed E-state index contributed by atoms with van der Waals surface area (Å²) < 4.78 is 0. The molecule has 112 valence electrons. The molecule has 3 heteroatoms. The number of hydrogen-bond acceptors (Lipinski definition) is 3. The van der Waals surface area contributed by atoms with Crippen molar-refractivity contribution < 1.29 is 0 Å². The quantitative estimate of drug-likeness (QED) is 0.860. The Hall–Kier alpha value is -1.19. The fourth-order valence-corrected chi connectivity index (χ4v) is 4.16. The Morgan fingerprint density at radius 3 is 2.90 bits per heavy atom. The maximum Gasteiger partial charge on any atom is 0.0935 e. The van der Waals surface area contributed by atoms with Crippen LogP contribution in [0.5, 0.6) is 0 Å². The van der Waals surface area contributed by atoms with E-state index in [4.69, 9.17) is 4.98 Å². The summed E-state index contributed by atoms with van der Waals surface area (Å²) in [7, 11) is 0. The van der Waals surface area contributed by atoms with Gasteiger partial charge < -0.3 is 5.32 Å². The zero-order valence-corrected chi connectivity index (χ0v) is 13.6. The van der Waals surface area contributed by atoms with Crippen molar-refractivity contribution in [3.8, 4) is 0 Å². The van der Waals surface area contributed by atoms with E-state index in [9.17, 15) is 0 Å². The van der Waals surface area contributed by atoms with Gasteiger partial charge >= 0.3 is 0 Å². The van der Waals surface area contributed by atoms with Crippen LogP contribution in [-0.2, 0) is 19.3 Å². The van der Waals surface area contributed by atoms with Gasteiger partial charge in [0, 0.05) is 11.3 Å². The minimum absolute atomic E-state index is 0.496. The zero-order valence-electron chi connectivity index (χ0n) is 12.8. The summed E-state index contributed by atoms with van der Waals surface area (Å²) in [6.07, 6.45) is 7.13.